The SMILES string of the molecule is COc1cccc2c1C(=O)c1c(O)c3c(c(O)c1C2=O)C[C@@](O)(C(C)=O)C[C@H]3OC1CC(OC2CC(N)C(O)C(C)O2)C(O)C(C)O1. The number of carbonyl (C=O) groups excluding carboxylic acids is 3. The molecule has 0 amide bonds. The smallest absolute Gasteiger partial charge is 0.202 e. The van der Waals surface area contributed by atoms with Crippen LogP contribution in [0, 0.1) is 0 Å². The molecule has 0 radical (unpaired) electrons. The number of hydrogen-bond donors (Lipinski definition) is 6. The maximum atomic E-state index is 13.8. The molecule has 6 rings (SSSR count). The molecule has 0 bridgehead atoms. The summed E-state index contributed by atoms with van der Waals surface area (Å²) in [5.41, 5.74) is 2.72. The molecule has 2 aromatic carbocycles. The third kappa shape index (κ3) is 5.52. The quantitative estimate of drug-likeness (QED) is 0.203. The highest BCUT2D eigenvalue weighted by molar-refractivity contribution is 6.31. The topological polar surface area (TPSA) is 225 Å². The summed E-state index contributed by atoms with van der Waals surface area (Å²) >= 11 is 0. The normalized spacial score (nSPS) is 35.1. The van der Waals surface area contributed by atoms with Gasteiger partial charge in [-0.2, -0.15) is 0 Å². The van der Waals surface area contributed by atoms with Crippen molar-refractivity contribution in [2.24, 2.45) is 5.73 Å². The summed E-state index contributed by atoms with van der Waals surface area (Å²) in [6.07, 6.45) is -8.41. The van der Waals surface area contributed by atoms with Crippen molar-refractivity contribution in [2.75, 3.05) is 7.11 Å². The Morgan fingerprint density at radius 2 is 1.57 bits per heavy atom. The van der Waals surface area contributed by atoms with Crippen molar-refractivity contribution in [3.05, 3.63) is 51.6 Å². The van der Waals surface area contributed by atoms with Crippen LogP contribution < -0.4 is 10.5 Å². The average Bonchev–Trinajstić information content (AvgIpc) is 3.02. The summed E-state index contributed by atoms with van der Waals surface area (Å²) in [7, 11) is 1.33. The zero-order valence-electron chi connectivity index (χ0n) is 26.3. The van der Waals surface area contributed by atoms with Gasteiger partial charge in [0.2, 0.25) is 5.78 Å². The van der Waals surface area contributed by atoms with E-state index in [0.717, 1.165) is 0 Å². The van der Waals surface area contributed by atoms with E-state index in [4.69, 9.17) is 29.4 Å². The van der Waals surface area contributed by atoms with E-state index in [1.54, 1.807) is 13.8 Å². The molecule has 10 atom stereocenters. The van der Waals surface area contributed by atoms with Crippen LogP contribution in [0.25, 0.3) is 0 Å². The zero-order chi connectivity index (χ0) is 34.1. The summed E-state index contributed by atoms with van der Waals surface area (Å²) in [6, 6.07) is 3.79. The number of aromatic hydroxyl groups is 2. The van der Waals surface area contributed by atoms with E-state index in [9.17, 15) is 39.9 Å². The number of nitrogens with two attached hydrogens (primary N) is 1. The van der Waals surface area contributed by atoms with Gasteiger partial charge in [-0.05, 0) is 26.8 Å². The Kier molecular flexibility index (Phi) is 8.68. The van der Waals surface area contributed by atoms with Crippen LogP contribution >= 0.6 is 0 Å². The van der Waals surface area contributed by atoms with Crippen LogP contribution in [0.15, 0.2) is 18.2 Å². The molecule has 0 saturated carbocycles. The second-order valence-corrected chi connectivity index (χ2v) is 12.8. The third-order valence-electron chi connectivity index (χ3n) is 9.78. The molecule has 2 heterocycles. The first-order valence-electron chi connectivity index (χ1n) is 15.5. The molecule has 47 heavy (non-hydrogen) atoms. The number of methoxy groups -OCH3 is 1. The number of ether oxygens (including phenoxy) is 5. The number of aliphatic hydroxyl groups is 3. The predicted octanol–water partition coefficient (Wildman–Crippen LogP) is 0.910. The van der Waals surface area contributed by atoms with Crippen LogP contribution in [0.3, 0.4) is 0 Å². The van der Waals surface area contributed by atoms with Gasteiger partial charge in [0.05, 0.1) is 54.3 Å². The molecule has 2 aliphatic carbocycles. The number of carbonyl (C=O) groups is 3. The molecule has 0 aromatic heterocycles. The second kappa shape index (κ2) is 12.2. The molecule has 0 spiro atoms. The van der Waals surface area contributed by atoms with Crippen LogP contribution in [0.1, 0.15) is 89.1 Å². The Balaban J connectivity index is 1.37. The van der Waals surface area contributed by atoms with Crippen LogP contribution in [0.5, 0.6) is 17.2 Å². The van der Waals surface area contributed by atoms with E-state index in [-0.39, 0.29) is 47.3 Å². The fraction of sp³-hybridized carbons (Fsp3) is 0.545. The molecule has 2 fully saturated rings. The van der Waals surface area contributed by atoms with Crippen LogP contribution in [0.4, 0.5) is 0 Å². The van der Waals surface area contributed by atoms with Crippen molar-refractivity contribution < 1.29 is 63.6 Å². The van der Waals surface area contributed by atoms with Crippen LogP contribution in [-0.4, -0.2) is 105 Å². The Morgan fingerprint density at radius 3 is 2.21 bits per heavy atom. The van der Waals surface area contributed by atoms with E-state index < -0.39 is 107 Å². The lowest BCUT2D eigenvalue weighted by atomic mass is 9.72. The highest BCUT2D eigenvalue weighted by Crippen LogP contribution is 2.52. The van der Waals surface area contributed by atoms with Gasteiger partial charge in [-0.25, -0.2) is 0 Å². The van der Waals surface area contributed by atoms with Gasteiger partial charge in [0.15, 0.2) is 24.1 Å². The molecule has 7 N–H and O–H groups in total. The lowest BCUT2D eigenvalue weighted by Gasteiger charge is -2.44. The fourth-order valence-electron chi connectivity index (χ4n) is 7.08. The Morgan fingerprint density at radius 1 is 0.936 bits per heavy atom. The summed E-state index contributed by atoms with van der Waals surface area (Å²) in [5, 5.41) is 55.7. The molecule has 2 aliphatic heterocycles. The minimum atomic E-state index is -2.07. The molecule has 8 unspecified atom stereocenters. The Hall–Kier alpha value is -3.47. The first kappa shape index (κ1) is 33.4. The summed E-state index contributed by atoms with van der Waals surface area (Å²) in [5.74, 6) is -3.37. The standard InChI is InChI=1S/C33H39NO13/c1-12-27(36)17(34)8-21(44-12)46-19-9-22(45-13(2)28(19)37)47-20-11-33(42,14(3)35)10-16-24(20)32(41)26-25(30(16)39)29(38)15-6-5-7-18(43-4)23(15)31(26)40/h5-7,12-13,17,19-22,27-28,36-37,39,41-42H,8-11,34H2,1-4H3/t12?,13?,17?,19?,20-,21?,22?,27?,28?,33+/m1/s1. The monoisotopic (exact) mass is 657 g/mol. The third-order valence-corrected chi connectivity index (χ3v) is 9.78. The highest BCUT2D eigenvalue weighted by Gasteiger charge is 2.50. The van der Waals surface area contributed by atoms with E-state index in [2.05, 4.69) is 0 Å². The number of phenols is 2. The van der Waals surface area contributed by atoms with Crippen molar-refractivity contribution in [1.29, 1.82) is 0 Å². The Labute approximate surface area is 269 Å². The number of benzene rings is 2. The first-order chi connectivity index (χ1) is 22.2. The van der Waals surface area contributed by atoms with Crippen molar-refractivity contribution in [3.63, 3.8) is 0 Å². The fourth-order valence-corrected chi connectivity index (χ4v) is 7.08. The number of aliphatic hydroxyl groups excluding tert-OH is 2. The van der Waals surface area contributed by atoms with Crippen molar-refractivity contribution in [3.8, 4) is 17.2 Å². The van der Waals surface area contributed by atoms with Crippen molar-refractivity contribution >= 4 is 17.3 Å². The van der Waals surface area contributed by atoms with Gasteiger partial charge in [-0.15, -0.1) is 0 Å². The van der Waals surface area contributed by atoms with Crippen LogP contribution in [0.2, 0.25) is 0 Å². The number of rotatable bonds is 6. The molecule has 254 valence electrons. The number of phenolic OH excluding ortho intramolecular Hbond substituents is 2. The van der Waals surface area contributed by atoms with E-state index >= 15 is 0 Å². The summed E-state index contributed by atoms with van der Waals surface area (Å²) in [4.78, 5) is 40.3. The van der Waals surface area contributed by atoms with Gasteiger partial charge in [0.25, 0.3) is 0 Å². The second-order valence-electron chi connectivity index (χ2n) is 12.8. The van der Waals surface area contributed by atoms with Gasteiger partial charge in [0, 0.05) is 48.4 Å². The molecule has 2 aromatic rings. The van der Waals surface area contributed by atoms with Crippen molar-refractivity contribution in [1.82, 2.24) is 0 Å². The maximum Gasteiger partial charge on any atom is 0.202 e. The van der Waals surface area contributed by atoms with Gasteiger partial charge in [0.1, 0.15) is 29.0 Å². The van der Waals surface area contributed by atoms with E-state index in [1.807, 2.05) is 0 Å². The molecule has 2 saturated heterocycles. The predicted molar refractivity (Wildman–Crippen MR) is 160 cm³/mol. The maximum absolute atomic E-state index is 13.8. The first-order valence-corrected chi connectivity index (χ1v) is 15.5. The van der Waals surface area contributed by atoms with Gasteiger partial charge in [-0.3, -0.25) is 14.4 Å². The minimum absolute atomic E-state index is 0.0389. The number of fused-ring (bicyclic) bond motifs is 3. The summed E-state index contributed by atoms with van der Waals surface area (Å²) < 4.78 is 29.3. The zero-order valence-corrected chi connectivity index (χ0v) is 26.3. The molecule has 14 heteroatoms. The van der Waals surface area contributed by atoms with Gasteiger partial charge < -0.3 is 55.0 Å². The van der Waals surface area contributed by atoms with Crippen molar-refractivity contribution in [2.45, 2.75) is 107 Å². The highest BCUT2D eigenvalue weighted by atomic mass is 16.7. The Bertz CT molecular complexity index is 1610. The average molecular weight is 658 g/mol. The molecule has 4 aliphatic rings. The number of hydrogen-bond acceptors (Lipinski definition) is 14. The van der Waals surface area contributed by atoms with Crippen LogP contribution in [-0.2, 0) is 30.2 Å². The number of ketones is 3. The lowest BCUT2D eigenvalue weighted by molar-refractivity contribution is -0.306. The van der Waals surface area contributed by atoms with E-state index in [1.165, 1.54) is 32.2 Å². The van der Waals surface area contributed by atoms with Gasteiger partial charge in [-0.1, -0.05) is 12.1 Å². The largest absolute Gasteiger partial charge is 0.507 e. The van der Waals surface area contributed by atoms with E-state index in [0.29, 0.717) is 0 Å². The molecule has 14 nitrogen and oxygen atoms in total. The summed E-state index contributed by atoms with van der Waals surface area (Å²) in [6.45, 7) is 4.41. The van der Waals surface area contributed by atoms with Gasteiger partial charge >= 0.3 is 0 Å². The number of Topliss-reactive ketones (excluding diaryl/α,β-unsaturated/α-hetero) is 1. The molecular weight excluding hydrogens is 618 g/mol. The molecular formula is C33H39NO13. The lowest BCUT2D eigenvalue weighted by Crippen LogP contribution is -2.55. The minimum Gasteiger partial charge on any atom is -0.507 e.